The van der Waals surface area contributed by atoms with Gasteiger partial charge in [0, 0.05) is 6.42 Å². The van der Waals surface area contributed by atoms with E-state index in [0.29, 0.717) is 19.0 Å². The molecule has 1 aromatic heterocycles. The molecule has 0 radical (unpaired) electrons. The second-order valence-electron chi connectivity index (χ2n) is 4.74. The van der Waals surface area contributed by atoms with E-state index >= 15 is 0 Å². The average Bonchev–Trinajstić information content (AvgIpc) is 3.00. The molecule has 0 aliphatic carbocycles. The van der Waals surface area contributed by atoms with Crippen molar-refractivity contribution < 1.29 is 9.57 Å². The standard InChI is InChI=1S/C16H20N2O2S/c1-12-6-7-14(11-13(12)2)19-8-4-9-20-18-16(17)15-5-3-10-21-15/h3,5-7,10-11H,4,8-9H2,1-2H3,(H2,17,18). The Morgan fingerprint density at radius 1 is 1.19 bits per heavy atom. The van der Waals surface area contributed by atoms with Gasteiger partial charge in [-0.1, -0.05) is 17.3 Å². The van der Waals surface area contributed by atoms with Crippen molar-refractivity contribution in [2.75, 3.05) is 13.2 Å². The molecule has 0 saturated carbocycles. The van der Waals surface area contributed by atoms with Crippen LogP contribution in [0.25, 0.3) is 0 Å². The predicted molar refractivity (Wildman–Crippen MR) is 87.0 cm³/mol. The van der Waals surface area contributed by atoms with Gasteiger partial charge in [0.1, 0.15) is 12.4 Å². The maximum absolute atomic E-state index is 5.78. The molecule has 4 nitrogen and oxygen atoms in total. The third-order valence-electron chi connectivity index (χ3n) is 3.06. The maximum atomic E-state index is 5.78. The summed E-state index contributed by atoms with van der Waals surface area (Å²) in [6.45, 7) is 5.24. The van der Waals surface area contributed by atoms with E-state index in [4.69, 9.17) is 15.3 Å². The number of hydrogen-bond donors (Lipinski definition) is 1. The lowest BCUT2D eigenvalue weighted by molar-refractivity contribution is 0.127. The van der Waals surface area contributed by atoms with Crippen molar-refractivity contribution >= 4 is 17.2 Å². The third kappa shape index (κ3) is 4.79. The van der Waals surface area contributed by atoms with Crippen LogP contribution in [0, 0.1) is 13.8 Å². The molecule has 0 aliphatic rings. The molecule has 2 N–H and O–H groups in total. The number of ether oxygens (including phenoxy) is 1. The highest BCUT2D eigenvalue weighted by atomic mass is 32.1. The van der Waals surface area contributed by atoms with Crippen LogP contribution in [0.1, 0.15) is 22.4 Å². The SMILES string of the molecule is Cc1ccc(OCCCO/N=C(/N)c2cccs2)cc1C. The molecule has 0 amide bonds. The Hall–Kier alpha value is -2.01. The first-order chi connectivity index (χ1) is 10.2. The lowest BCUT2D eigenvalue weighted by Gasteiger charge is -2.08. The van der Waals surface area contributed by atoms with E-state index in [-0.39, 0.29) is 0 Å². The molecular weight excluding hydrogens is 284 g/mol. The van der Waals surface area contributed by atoms with Crippen molar-refractivity contribution in [3.05, 3.63) is 51.7 Å². The molecule has 0 saturated heterocycles. The van der Waals surface area contributed by atoms with Crippen molar-refractivity contribution in [3.8, 4) is 5.75 Å². The quantitative estimate of drug-likeness (QED) is 0.369. The monoisotopic (exact) mass is 304 g/mol. The fourth-order valence-corrected chi connectivity index (χ4v) is 2.32. The van der Waals surface area contributed by atoms with Crippen LogP contribution in [0.5, 0.6) is 5.75 Å². The van der Waals surface area contributed by atoms with Gasteiger partial charge in [-0.15, -0.1) is 11.3 Å². The highest BCUT2D eigenvalue weighted by Gasteiger charge is 2.00. The number of thiophene rings is 1. The zero-order valence-electron chi connectivity index (χ0n) is 12.3. The van der Waals surface area contributed by atoms with E-state index in [1.807, 2.05) is 29.6 Å². The van der Waals surface area contributed by atoms with Gasteiger partial charge >= 0.3 is 0 Å². The van der Waals surface area contributed by atoms with Gasteiger partial charge in [0.25, 0.3) is 0 Å². The number of benzene rings is 1. The molecule has 0 aliphatic heterocycles. The number of rotatable bonds is 7. The van der Waals surface area contributed by atoms with Gasteiger partial charge in [-0.25, -0.2) is 0 Å². The highest BCUT2D eigenvalue weighted by Crippen LogP contribution is 2.16. The second kappa shape index (κ2) is 7.69. The summed E-state index contributed by atoms with van der Waals surface area (Å²) >= 11 is 1.54. The zero-order chi connectivity index (χ0) is 15.1. The van der Waals surface area contributed by atoms with Crippen LogP contribution in [0.4, 0.5) is 0 Å². The fourth-order valence-electron chi connectivity index (χ4n) is 1.70. The predicted octanol–water partition coefficient (Wildman–Crippen LogP) is 3.47. The zero-order valence-corrected chi connectivity index (χ0v) is 13.2. The first kappa shape index (κ1) is 15.4. The number of hydrogen-bond acceptors (Lipinski definition) is 4. The Morgan fingerprint density at radius 3 is 2.76 bits per heavy atom. The molecule has 21 heavy (non-hydrogen) atoms. The van der Waals surface area contributed by atoms with Crippen LogP contribution in [0.3, 0.4) is 0 Å². The van der Waals surface area contributed by atoms with Crippen molar-refractivity contribution in [2.24, 2.45) is 10.9 Å². The molecule has 0 unspecified atom stereocenters. The Balaban J connectivity index is 1.66. The van der Waals surface area contributed by atoms with Crippen molar-refractivity contribution in [3.63, 3.8) is 0 Å². The van der Waals surface area contributed by atoms with Gasteiger partial charge in [0.15, 0.2) is 5.84 Å². The van der Waals surface area contributed by atoms with Gasteiger partial charge in [-0.2, -0.15) is 0 Å². The summed E-state index contributed by atoms with van der Waals surface area (Å²) in [5.41, 5.74) is 8.28. The maximum Gasteiger partial charge on any atom is 0.180 e. The Kier molecular flexibility index (Phi) is 5.63. The van der Waals surface area contributed by atoms with Crippen molar-refractivity contribution in [1.82, 2.24) is 0 Å². The summed E-state index contributed by atoms with van der Waals surface area (Å²) < 4.78 is 5.66. The molecular formula is C16H20N2O2S. The highest BCUT2D eigenvalue weighted by molar-refractivity contribution is 7.12. The van der Waals surface area contributed by atoms with E-state index in [0.717, 1.165) is 17.0 Å². The van der Waals surface area contributed by atoms with Gasteiger partial charge in [-0.05, 0) is 48.6 Å². The largest absolute Gasteiger partial charge is 0.493 e. The minimum atomic E-state index is 0.417. The lowest BCUT2D eigenvalue weighted by atomic mass is 10.1. The summed E-state index contributed by atoms with van der Waals surface area (Å²) in [6, 6.07) is 9.93. The minimum Gasteiger partial charge on any atom is -0.493 e. The normalized spacial score (nSPS) is 11.4. The van der Waals surface area contributed by atoms with E-state index in [2.05, 4.69) is 25.1 Å². The van der Waals surface area contributed by atoms with Gasteiger partial charge in [-0.3, -0.25) is 0 Å². The van der Waals surface area contributed by atoms with Gasteiger partial charge in [0.2, 0.25) is 0 Å². The van der Waals surface area contributed by atoms with E-state index in [1.165, 1.54) is 22.5 Å². The Morgan fingerprint density at radius 2 is 2.05 bits per heavy atom. The summed E-state index contributed by atoms with van der Waals surface area (Å²) in [4.78, 5) is 6.11. The summed E-state index contributed by atoms with van der Waals surface area (Å²) in [7, 11) is 0. The molecule has 0 atom stereocenters. The molecule has 1 heterocycles. The van der Waals surface area contributed by atoms with Gasteiger partial charge < -0.3 is 15.3 Å². The Labute approximate surface area is 129 Å². The molecule has 5 heteroatoms. The number of nitrogens with two attached hydrogens (primary N) is 1. The van der Waals surface area contributed by atoms with Crippen LogP contribution in [-0.4, -0.2) is 19.0 Å². The molecule has 0 fully saturated rings. The number of nitrogens with zero attached hydrogens (tertiary/aromatic N) is 1. The van der Waals surface area contributed by atoms with Gasteiger partial charge in [0.05, 0.1) is 11.5 Å². The molecule has 1 aromatic carbocycles. The number of oxime groups is 1. The van der Waals surface area contributed by atoms with Crippen LogP contribution in [0.2, 0.25) is 0 Å². The first-order valence-electron chi connectivity index (χ1n) is 6.86. The molecule has 2 aromatic rings. The van der Waals surface area contributed by atoms with Crippen LogP contribution < -0.4 is 10.5 Å². The van der Waals surface area contributed by atoms with Crippen molar-refractivity contribution in [1.29, 1.82) is 0 Å². The smallest absolute Gasteiger partial charge is 0.180 e. The molecule has 0 bridgehead atoms. The van der Waals surface area contributed by atoms with Crippen molar-refractivity contribution in [2.45, 2.75) is 20.3 Å². The number of aryl methyl sites for hydroxylation is 2. The topological polar surface area (TPSA) is 56.8 Å². The summed E-state index contributed by atoms with van der Waals surface area (Å²) in [5, 5.41) is 5.84. The molecule has 112 valence electrons. The minimum absolute atomic E-state index is 0.417. The average molecular weight is 304 g/mol. The summed E-state index contributed by atoms with van der Waals surface area (Å²) in [6.07, 6.45) is 0.758. The molecule has 0 spiro atoms. The Bertz CT molecular complexity index is 594. The first-order valence-corrected chi connectivity index (χ1v) is 7.74. The second-order valence-corrected chi connectivity index (χ2v) is 5.68. The molecule has 2 rings (SSSR count). The number of amidine groups is 1. The van der Waals surface area contributed by atoms with Crippen LogP contribution in [0.15, 0.2) is 40.9 Å². The summed E-state index contributed by atoms with van der Waals surface area (Å²) in [5.74, 6) is 1.31. The van der Waals surface area contributed by atoms with E-state index in [1.54, 1.807) is 0 Å². The lowest BCUT2D eigenvalue weighted by Crippen LogP contribution is -2.12. The fraction of sp³-hybridized carbons (Fsp3) is 0.312. The van der Waals surface area contributed by atoms with E-state index in [9.17, 15) is 0 Å². The van der Waals surface area contributed by atoms with E-state index < -0.39 is 0 Å². The van der Waals surface area contributed by atoms with Crippen LogP contribution >= 0.6 is 11.3 Å². The van der Waals surface area contributed by atoms with Crippen LogP contribution in [-0.2, 0) is 4.84 Å². The third-order valence-corrected chi connectivity index (χ3v) is 3.96.